The van der Waals surface area contributed by atoms with E-state index in [1.165, 1.54) is 4.88 Å². The van der Waals surface area contributed by atoms with E-state index in [0.717, 1.165) is 12.0 Å². The van der Waals surface area contributed by atoms with Crippen molar-refractivity contribution < 1.29 is 4.74 Å². The van der Waals surface area contributed by atoms with Gasteiger partial charge in [0.2, 0.25) is 0 Å². The van der Waals surface area contributed by atoms with Gasteiger partial charge in [-0.15, -0.1) is 11.3 Å². The maximum atomic E-state index is 7.91. The van der Waals surface area contributed by atoms with Crippen molar-refractivity contribution >= 4 is 17.0 Å². The summed E-state index contributed by atoms with van der Waals surface area (Å²) in [6, 6.07) is 2.04. The van der Waals surface area contributed by atoms with E-state index in [1.54, 1.807) is 24.3 Å². The Balaban J connectivity index is 2.26. The topological polar surface area (TPSA) is 59.1 Å². The van der Waals surface area contributed by atoms with E-state index in [0.29, 0.717) is 18.0 Å². The van der Waals surface area contributed by atoms with Crippen LogP contribution in [0.2, 0.25) is 0 Å². The molecular formula is C11H14N2OS. The third-order valence-corrected chi connectivity index (χ3v) is 3.34. The van der Waals surface area contributed by atoms with Gasteiger partial charge in [0, 0.05) is 22.6 Å². The van der Waals surface area contributed by atoms with Gasteiger partial charge >= 0.3 is 0 Å². The molecule has 2 heterocycles. The van der Waals surface area contributed by atoms with Crippen LogP contribution in [-0.2, 0) is 11.2 Å². The minimum atomic E-state index is -0.224. The highest BCUT2D eigenvalue weighted by atomic mass is 32.1. The van der Waals surface area contributed by atoms with Crippen molar-refractivity contribution in [2.24, 2.45) is 5.73 Å². The summed E-state index contributed by atoms with van der Waals surface area (Å²) in [6.45, 7) is 2.48. The molecule has 1 aliphatic heterocycles. The molecule has 0 saturated carbocycles. The molecule has 1 aliphatic rings. The van der Waals surface area contributed by atoms with E-state index in [9.17, 15) is 0 Å². The highest BCUT2D eigenvalue weighted by Crippen LogP contribution is 2.31. The molecule has 3 nitrogen and oxygen atoms in total. The van der Waals surface area contributed by atoms with Gasteiger partial charge in [-0.1, -0.05) is 0 Å². The van der Waals surface area contributed by atoms with Crippen molar-refractivity contribution in [3.63, 3.8) is 0 Å². The number of nitrogens with two attached hydrogens (primary N) is 1. The first-order valence-corrected chi connectivity index (χ1v) is 5.76. The SMILES string of the molecule is CC(N)=CC(=N)C1OCCc2sccc21. The predicted molar refractivity (Wildman–Crippen MR) is 62.4 cm³/mol. The first-order valence-electron chi connectivity index (χ1n) is 4.88. The quantitative estimate of drug-likeness (QED) is 0.754. The lowest BCUT2D eigenvalue weighted by atomic mass is 10.0. The fraction of sp³-hybridized carbons (Fsp3) is 0.364. The van der Waals surface area contributed by atoms with Crippen molar-refractivity contribution in [1.29, 1.82) is 5.41 Å². The van der Waals surface area contributed by atoms with Crippen LogP contribution in [0.25, 0.3) is 0 Å². The number of rotatable bonds is 2. The first kappa shape index (κ1) is 10.4. The summed E-state index contributed by atoms with van der Waals surface area (Å²) < 4.78 is 5.61. The lowest BCUT2D eigenvalue weighted by molar-refractivity contribution is 0.0893. The Kier molecular flexibility index (Phi) is 2.88. The second-order valence-corrected chi connectivity index (χ2v) is 4.64. The zero-order chi connectivity index (χ0) is 10.8. The summed E-state index contributed by atoms with van der Waals surface area (Å²) in [6.07, 6.45) is 2.40. The third-order valence-electron chi connectivity index (χ3n) is 2.34. The Morgan fingerprint density at radius 3 is 3.27 bits per heavy atom. The van der Waals surface area contributed by atoms with Gasteiger partial charge in [-0.3, -0.25) is 0 Å². The van der Waals surface area contributed by atoms with Crippen molar-refractivity contribution in [1.82, 2.24) is 0 Å². The van der Waals surface area contributed by atoms with E-state index in [-0.39, 0.29) is 6.10 Å². The fourth-order valence-electron chi connectivity index (χ4n) is 1.72. The smallest absolute Gasteiger partial charge is 0.125 e. The minimum absolute atomic E-state index is 0.224. The summed E-state index contributed by atoms with van der Waals surface area (Å²) in [7, 11) is 0. The largest absolute Gasteiger partial charge is 0.402 e. The number of hydrogen-bond acceptors (Lipinski definition) is 4. The molecule has 1 unspecified atom stereocenters. The lowest BCUT2D eigenvalue weighted by Gasteiger charge is -2.22. The molecule has 0 saturated heterocycles. The Bertz CT molecular complexity index is 404. The molecule has 15 heavy (non-hydrogen) atoms. The maximum Gasteiger partial charge on any atom is 0.125 e. The molecule has 0 aromatic carbocycles. The van der Waals surface area contributed by atoms with Crippen LogP contribution in [0.1, 0.15) is 23.5 Å². The number of ether oxygens (including phenoxy) is 1. The van der Waals surface area contributed by atoms with E-state index < -0.39 is 0 Å². The Hall–Kier alpha value is -1.13. The van der Waals surface area contributed by atoms with Crippen LogP contribution < -0.4 is 5.73 Å². The molecule has 0 amide bonds. The number of hydrogen-bond donors (Lipinski definition) is 2. The van der Waals surface area contributed by atoms with Crippen LogP contribution in [-0.4, -0.2) is 12.3 Å². The second kappa shape index (κ2) is 4.16. The second-order valence-electron chi connectivity index (χ2n) is 3.64. The van der Waals surface area contributed by atoms with Gasteiger partial charge in [-0.2, -0.15) is 0 Å². The normalized spacial score (nSPS) is 21.1. The molecular weight excluding hydrogens is 208 g/mol. The number of nitrogens with one attached hydrogen (secondary N) is 1. The summed E-state index contributed by atoms with van der Waals surface area (Å²) >= 11 is 1.74. The molecule has 80 valence electrons. The zero-order valence-electron chi connectivity index (χ0n) is 8.62. The van der Waals surface area contributed by atoms with Gasteiger partial charge < -0.3 is 15.9 Å². The summed E-state index contributed by atoms with van der Waals surface area (Å²) in [4.78, 5) is 1.33. The lowest BCUT2D eigenvalue weighted by Crippen LogP contribution is -2.20. The first-order chi connectivity index (χ1) is 7.18. The van der Waals surface area contributed by atoms with Gasteiger partial charge in [0.1, 0.15) is 6.10 Å². The molecule has 0 bridgehead atoms. The molecule has 2 rings (SSSR count). The van der Waals surface area contributed by atoms with Crippen LogP contribution in [0, 0.1) is 5.41 Å². The Morgan fingerprint density at radius 1 is 1.73 bits per heavy atom. The van der Waals surface area contributed by atoms with Gasteiger partial charge in [-0.05, 0) is 24.4 Å². The van der Waals surface area contributed by atoms with Crippen LogP contribution in [0.4, 0.5) is 0 Å². The van der Waals surface area contributed by atoms with Crippen LogP contribution in [0.15, 0.2) is 23.2 Å². The standard InChI is InChI=1S/C11H14N2OS/c1-7(12)6-9(13)11-8-3-5-15-10(8)2-4-14-11/h3,5-6,11,13H,2,4,12H2,1H3. The van der Waals surface area contributed by atoms with Crippen LogP contribution in [0.5, 0.6) is 0 Å². The molecule has 0 aliphatic carbocycles. The monoisotopic (exact) mass is 222 g/mol. The summed E-state index contributed by atoms with van der Waals surface area (Å²) in [5.41, 5.74) is 7.78. The van der Waals surface area contributed by atoms with Gasteiger partial charge in [0.05, 0.1) is 12.3 Å². The van der Waals surface area contributed by atoms with Gasteiger partial charge in [0.15, 0.2) is 0 Å². The van der Waals surface area contributed by atoms with E-state index in [2.05, 4.69) is 5.38 Å². The highest BCUT2D eigenvalue weighted by Gasteiger charge is 2.24. The maximum absolute atomic E-state index is 7.91. The van der Waals surface area contributed by atoms with Crippen molar-refractivity contribution in [2.75, 3.05) is 6.61 Å². The molecule has 3 N–H and O–H groups in total. The number of fused-ring (bicyclic) bond motifs is 1. The Morgan fingerprint density at radius 2 is 2.53 bits per heavy atom. The predicted octanol–water partition coefficient (Wildman–Crippen LogP) is 2.24. The third kappa shape index (κ3) is 2.11. The van der Waals surface area contributed by atoms with Crippen LogP contribution >= 0.6 is 11.3 Å². The van der Waals surface area contributed by atoms with Crippen molar-refractivity contribution in [2.45, 2.75) is 19.4 Å². The number of thiophene rings is 1. The van der Waals surface area contributed by atoms with E-state index >= 15 is 0 Å². The zero-order valence-corrected chi connectivity index (χ0v) is 9.43. The molecule has 0 fully saturated rings. The summed E-state index contributed by atoms with van der Waals surface area (Å²) in [5.74, 6) is 0. The van der Waals surface area contributed by atoms with E-state index in [1.807, 2.05) is 6.07 Å². The van der Waals surface area contributed by atoms with E-state index in [4.69, 9.17) is 15.9 Å². The van der Waals surface area contributed by atoms with Crippen molar-refractivity contribution in [3.05, 3.63) is 33.7 Å². The molecule has 4 heteroatoms. The fourth-order valence-corrected chi connectivity index (χ4v) is 2.62. The van der Waals surface area contributed by atoms with Crippen molar-refractivity contribution in [3.8, 4) is 0 Å². The molecule has 1 atom stereocenters. The summed E-state index contributed by atoms with van der Waals surface area (Å²) in [5, 5.41) is 9.96. The molecule has 0 spiro atoms. The Labute approximate surface area is 93.1 Å². The van der Waals surface area contributed by atoms with Gasteiger partial charge in [-0.25, -0.2) is 0 Å². The molecule has 0 radical (unpaired) electrons. The molecule has 1 aromatic heterocycles. The average molecular weight is 222 g/mol. The van der Waals surface area contributed by atoms with Gasteiger partial charge in [0.25, 0.3) is 0 Å². The average Bonchev–Trinajstić information content (AvgIpc) is 2.63. The highest BCUT2D eigenvalue weighted by molar-refractivity contribution is 7.10. The molecule has 1 aromatic rings. The van der Waals surface area contributed by atoms with Crippen LogP contribution in [0.3, 0.4) is 0 Å². The minimum Gasteiger partial charge on any atom is -0.402 e. The number of allylic oxidation sites excluding steroid dienone is 1.